The number of unbranched alkanes of at least 4 members (excludes halogenated alkanes) is 2. The van der Waals surface area contributed by atoms with Crippen molar-refractivity contribution in [2.24, 2.45) is 21.7 Å². The molecule has 8 nitrogen and oxygen atoms in total. The van der Waals surface area contributed by atoms with Crippen LogP contribution in [0.15, 0.2) is 58.7 Å². The molecule has 0 unspecified atom stereocenters. The third kappa shape index (κ3) is 5.18. The van der Waals surface area contributed by atoms with Gasteiger partial charge in [0.2, 0.25) is 0 Å². The third-order valence-electron chi connectivity index (χ3n) is 6.48. The van der Waals surface area contributed by atoms with E-state index in [4.69, 9.17) is 11.5 Å². The number of imide groups is 1. The Morgan fingerprint density at radius 1 is 0.892 bits per heavy atom. The number of anilines is 1. The molecule has 2 amide bonds. The van der Waals surface area contributed by atoms with Crippen LogP contribution in [0.1, 0.15) is 72.7 Å². The lowest BCUT2D eigenvalue weighted by Gasteiger charge is -2.28. The van der Waals surface area contributed by atoms with Gasteiger partial charge in [-0.15, -0.1) is 10.2 Å². The summed E-state index contributed by atoms with van der Waals surface area (Å²) >= 11 is 0. The number of benzene rings is 3. The second-order valence-corrected chi connectivity index (χ2v) is 9.28. The normalized spacial score (nSPS) is 14.0. The fraction of sp³-hybridized carbons (Fsp3) is 0.310. The average molecular weight is 499 g/mol. The number of hydrogen-bond acceptors (Lipinski definition) is 5. The minimum atomic E-state index is -0.272. The fourth-order valence-corrected chi connectivity index (χ4v) is 4.59. The van der Waals surface area contributed by atoms with Gasteiger partial charge < -0.3 is 16.8 Å². The highest BCUT2D eigenvalue weighted by Gasteiger charge is 2.33. The molecule has 1 aliphatic heterocycles. The Bertz CT molecular complexity index is 1410. The second kappa shape index (κ2) is 11.2. The summed E-state index contributed by atoms with van der Waals surface area (Å²) in [4.78, 5) is 28.4. The number of rotatable bonds is 10. The van der Waals surface area contributed by atoms with Crippen molar-refractivity contribution in [3.05, 3.63) is 65.2 Å². The molecule has 0 radical (unpaired) electrons. The molecular weight excluding hydrogens is 464 g/mol. The smallest absolute Gasteiger partial charge is 0.261 e. The van der Waals surface area contributed by atoms with Crippen LogP contribution in [-0.4, -0.2) is 41.5 Å². The molecule has 5 N–H and O–H groups in total. The molecule has 0 aliphatic carbocycles. The van der Waals surface area contributed by atoms with Crippen molar-refractivity contribution >= 4 is 39.9 Å². The summed E-state index contributed by atoms with van der Waals surface area (Å²) in [5, 5.41) is 13.0. The molecule has 1 heterocycles. The molecule has 37 heavy (non-hydrogen) atoms. The lowest BCUT2D eigenvalue weighted by molar-refractivity contribution is 0.0608. The van der Waals surface area contributed by atoms with Crippen molar-refractivity contribution in [3.63, 3.8) is 0 Å². The molecule has 0 bridgehead atoms. The maximum absolute atomic E-state index is 13.7. The Labute approximate surface area is 217 Å². The SMILES string of the molecule is CCCCNc1ccc2c3c(cc(-c4ccccc4/C(N)=N/N=C(/C)N)cc13)C(=O)N(CCCC)C2=O. The van der Waals surface area contributed by atoms with E-state index >= 15 is 0 Å². The van der Waals surface area contributed by atoms with E-state index < -0.39 is 0 Å². The monoisotopic (exact) mass is 498 g/mol. The number of amidine groups is 2. The maximum atomic E-state index is 13.7. The minimum Gasteiger partial charge on any atom is -0.386 e. The first kappa shape index (κ1) is 25.9. The quantitative estimate of drug-likeness (QED) is 0.118. The molecule has 3 aromatic rings. The number of carbonyl (C=O) groups is 2. The number of carbonyl (C=O) groups excluding carboxylic acids is 2. The number of nitrogens with two attached hydrogens (primary N) is 2. The Kier molecular flexibility index (Phi) is 7.86. The molecular formula is C29H34N6O2. The first-order valence-electron chi connectivity index (χ1n) is 12.8. The minimum absolute atomic E-state index is 0.218. The lowest BCUT2D eigenvalue weighted by atomic mass is 9.88. The zero-order valence-electron chi connectivity index (χ0n) is 21.7. The molecule has 3 aromatic carbocycles. The molecule has 0 atom stereocenters. The van der Waals surface area contributed by atoms with Gasteiger partial charge in [0.15, 0.2) is 5.84 Å². The van der Waals surface area contributed by atoms with E-state index in [9.17, 15) is 9.59 Å². The van der Waals surface area contributed by atoms with Crippen molar-refractivity contribution in [1.29, 1.82) is 0 Å². The Hall–Kier alpha value is -4.20. The van der Waals surface area contributed by atoms with E-state index in [0.717, 1.165) is 54.4 Å². The molecule has 0 saturated carbocycles. The largest absolute Gasteiger partial charge is 0.386 e. The molecule has 0 fully saturated rings. The van der Waals surface area contributed by atoms with Crippen LogP contribution in [0.25, 0.3) is 21.9 Å². The third-order valence-corrected chi connectivity index (χ3v) is 6.48. The first-order chi connectivity index (χ1) is 17.9. The van der Waals surface area contributed by atoms with Gasteiger partial charge in [-0.2, -0.15) is 0 Å². The standard InChI is InChI=1S/C29H34N6O2/c1-4-6-14-32-25-13-12-22-26-23(25)16-19(17-24(26)29(37)35(28(22)36)15-7-5-2)20-10-8-9-11-21(20)27(31)34-33-18(3)30/h8-13,16-17,32H,4-7,14-15H2,1-3H3,(H2,30,33)(H2,31,34). The van der Waals surface area contributed by atoms with Crippen LogP contribution in [-0.2, 0) is 0 Å². The summed E-state index contributed by atoms with van der Waals surface area (Å²) in [6.07, 6.45) is 3.70. The van der Waals surface area contributed by atoms with Crippen molar-refractivity contribution in [2.75, 3.05) is 18.4 Å². The topological polar surface area (TPSA) is 126 Å². The average Bonchev–Trinajstić information content (AvgIpc) is 2.90. The van der Waals surface area contributed by atoms with Crippen molar-refractivity contribution in [2.45, 2.75) is 46.5 Å². The molecule has 0 aromatic heterocycles. The Morgan fingerprint density at radius 3 is 2.35 bits per heavy atom. The number of hydrogen-bond donors (Lipinski definition) is 3. The van der Waals surface area contributed by atoms with Gasteiger partial charge in [0.25, 0.3) is 11.8 Å². The molecule has 8 heteroatoms. The highest BCUT2D eigenvalue weighted by Crippen LogP contribution is 2.39. The van der Waals surface area contributed by atoms with Crippen molar-refractivity contribution in [3.8, 4) is 11.1 Å². The van der Waals surface area contributed by atoms with E-state index in [-0.39, 0.29) is 17.6 Å². The number of nitrogens with one attached hydrogen (secondary N) is 1. The predicted molar refractivity (Wildman–Crippen MR) is 151 cm³/mol. The summed E-state index contributed by atoms with van der Waals surface area (Å²) in [5.74, 6) is 0.00479. The van der Waals surface area contributed by atoms with Gasteiger partial charge in [-0.25, -0.2) is 0 Å². The van der Waals surface area contributed by atoms with Gasteiger partial charge in [0.1, 0.15) is 5.84 Å². The van der Waals surface area contributed by atoms with Crippen LogP contribution in [0.3, 0.4) is 0 Å². The zero-order chi connectivity index (χ0) is 26.5. The van der Waals surface area contributed by atoms with E-state index in [1.54, 1.807) is 6.92 Å². The summed E-state index contributed by atoms with van der Waals surface area (Å²) in [5.41, 5.74) is 16.2. The van der Waals surface area contributed by atoms with Crippen LogP contribution >= 0.6 is 0 Å². The van der Waals surface area contributed by atoms with Gasteiger partial charge in [0, 0.05) is 46.2 Å². The van der Waals surface area contributed by atoms with Crippen LogP contribution in [0.4, 0.5) is 5.69 Å². The molecule has 192 valence electrons. The lowest BCUT2D eigenvalue weighted by Crippen LogP contribution is -2.41. The van der Waals surface area contributed by atoms with Gasteiger partial charge in [0.05, 0.1) is 0 Å². The maximum Gasteiger partial charge on any atom is 0.261 e. The Morgan fingerprint density at radius 2 is 1.62 bits per heavy atom. The molecule has 0 spiro atoms. The van der Waals surface area contributed by atoms with Gasteiger partial charge in [-0.3, -0.25) is 14.5 Å². The van der Waals surface area contributed by atoms with Crippen LogP contribution in [0, 0.1) is 0 Å². The van der Waals surface area contributed by atoms with Crippen LogP contribution in [0.2, 0.25) is 0 Å². The summed E-state index contributed by atoms with van der Waals surface area (Å²) in [7, 11) is 0. The summed E-state index contributed by atoms with van der Waals surface area (Å²) < 4.78 is 0. The number of nitrogens with zero attached hydrogens (tertiary/aromatic N) is 3. The zero-order valence-corrected chi connectivity index (χ0v) is 21.7. The first-order valence-corrected chi connectivity index (χ1v) is 12.8. The Balaban J connectivity index is 1.96. The van der Waals surface area contributed by atoms with Crippen molar-refractivity contribution in [1.82, 2.24) is 4.90 Å². The van der Waals surface area contributed by atoms with E-state index in [2.05, 4.69) is 22.4 Å². The van der Waals surface area contributed by atoms with Gasteiger partial charge in [-0.05, 0) is 55.2 Å². The highest BCUT2D eigenvalue weighted by atomic mass is 16.2. The predicted octanol–water partition coefficient (Wildman–Crippen LogP) is 5.11. The highest BCUT2D eigenvalue weighted by molar-refractivity contribution is 6.27. The summed E-state index contributed by atoms with van der Waals surface area (Å²) in [6, 6.07) is 15.2. The molecule has 1 aliphatic rings. The van der Waals surface area contributed by atoms with E-state index in [1.807, 2.05) is 55.5 Å². The fourth-order valence-electron chi connectivity index (χ4n) is 4.59. The van der Waals surface area contributed by atoms with Gasteiger partial charge >= 0.3 is 0 Å². The second-order valence-electron chi connectivity index (χ2n) is 9.28. The van der Waals surface area contributed by atoms with E-state index in [0.29, 0.717) is 34.5 Å². The van der Waals surface area contributed by atoms with E-state index in [1.165, 1.54) is 4.90 Å². The molecule has 4 rings (SSSR count). The van der Waals surface area contributed by atoms with Crippen LogP contribution < -0.4 is 16.8 Å². The summed E-state index contributed by atoms with van der Waals surface area (Å²) in [6.45, 7) is 7.00. The number of amides is 2. The molecule has 0 saturated heterocycles. The van der Waals surface area contributed by atoms with Gasteiger partial charge in [-0.1, -0.05) is 51.0 Å². The van der Waals surface area contributed by atoms with Crippen molar-refractivity contribution < 1.29 is 9.59 Å². The van der Waals surface area contributed by atoms with Crippen LogP contribution in [0.5, 0.6) is 0 Å².